The molecule has 5 nitrogen and oxygen atoms in total. The summed E-state index contributed by atoms with van der Waals surface area (Å²) in [5.74, 6) is 1.17. The lowest BCUT2D eigenvalue weighted by atomic mass is 10.1. The molecule has 1 unspecified atom stereocenters. The number of hydrogen-bond donors (Lipinski definition) is 1. The first-order chi connectivity index (χ1) is 11.7. The van der Waals surface area contributed by atoms with Gasteiger partial charge in [0.1, 0.15) is 5.82 Å². The smallest absolute Gasteiger partial charge is 0.228 e. The van der Waals surface area contributed by atoms with Crippen LogP contribution in [0.15, 0.2) is 29.4 Å². The van der Waals surface area contributed by atoms with Crippen molar-refractivity contribution in [2.24, 2.45) is 0 Å². The van der Waals surface area contributed by atoms with Crippen LogP contribution in [-0.2, 0) is 0 Å². The van der Waals surface area contributed by atoms with Gasteiger partial charge in [-0.2, -0.15) is 0 Å². The molecule has 7 heteroatoms. The van der Waals surface area contributed by atoms with E-state index in [1.807, 2.05) is 0 Å². The molecule has 1 saturated carbocycles. The SMILES string of the molecule is OC(CSc1nnc(N2CCCC2)n1C1CC1)c1ccc(F)cc1. The van der Waals surface area contributed by atoms with Crippen LogP contribution in [0.3, 0.4) is 0 Å². The highest BCUT2D eigenvalue weighted by Gasteiger charge is 2.32. The standard InChI is InChI=1S/C17H21FN4OS/c18-13-5-3-12(4-6-13)15(23)11-24-17-20-19-16(21-9-1-2-10-21)22(17)14-7-8-14/h3-6,14-15,23H,1-2,7-11H2. The van der Waals surface area contributed by atoms with E-state index in [4.69, 9.17) is 0 Å². The zero-order valence-corrected chi connectivity index (χ0v) is 14.3. The number of benzene rings is 1. The molecule has 1 aliphatic carbocycles. The Kier molecular flexibility index (Phi) is 4.45. The first-order valence-electron chi connectivity index (χ1n) is 8.48. The van der Waals surface area contributed by atoms with Crippen molar-refractivity contribution in [1.82, 2.24) is 14.8 Å². The number of anilines is 1. The molecule has 0 spiro atoms. The normalized spacial score (nSPS) is 19.0. The summed E-state index contributed by atoms with van der Waals surface area (Å²) in [7, 11) is 0. The van der Waals surface area contributed by atoms with Gasteiger partial charge in [0.25, 0.3) is 0 Å². The minimum atomic E-state index is -0.643. The Hall–Kier alpha value is -1.60. The van der Waals surface area contributed by atoms with Crippen molar-refractivity contribution in [2.75, 3.05) is 23.7 Å². The van der Waals surface area contributed by atoms with Crippen LogP contribution in [0.2, 0.25) is 0 Å². The molecule has 24 heavy (non-hydrogen) atoms. The molecule has 1 aromatic carbocycles. The summed E-state index contributed by atoms with van der Waals surface area (Å²) < 4.78 is 15.2. The summed E-state index contributed by atoms with van der Waals surface area (Å²) in [5.41, 5.74) is 0.723. The minimum absolute atomic E-state index is 0.290. The summed E-state index contributed by atoms with van der Waals surface area (Å²) in [6.07, 6.45) is 4.13. The number of aromatic nitrogens is 3. The van der Waals surface area contributed by atoms with Crippen molar-refractivity contribution >= 4 is 17.7 Å². The predicted octanol–water partition coefficient (Wildman–Crippen LogP) is 3.18. The highest BCUT2D eigenvalue weighted by atomic mass is 32.2. The summed E-state index contributed by atoms with van der Waals surface area (Å²) >= 11 is 1.52. The highest BCUT2D eigenvalue weighted by molar-refractivity contribution is 7.99. The van der Waals surface area contributed by atoms with E-state index in [2.05, 4.69) is 19.7 Å². The Morgan fingerprint density at radius 1 is 1.17 bits per heavy atom. The Morgan fingerprint density at radius 3 is 2.54 bits per heavy atom. The lowest BCUT2D eigenvalue weighted by Crippen LogP contribution is -2.22. The van der Waals surface area contributed by atoms with E-state index in [-0.39, 0.29) is 5.82 Å². The van der Waals surface area contributed by atoms with Crippen LogP contribution in [0, 0.1) is 5.82 Å². The van der Waals surface area contributed by atoms with Crippen molar-refractivity contribution in [3.63, 3.8) is 0 Å². The van der Waals surface area contributed by atoms with Gasteiger partial charge in [0.05, 0.1) is 6.10 Å². The van der Waals surface area contributed by atoms with E-state index in [9.17, 15) is 9.50 Å². The summed E-state index contributed by atoms with van der Waals surface area (Å²) in [4.78, 5) is 2.31. The van der Waals surface area contributed by atoms with Crippen LogP contribution in [0.25, 0.3) is 0 Å². The topological polar surface area (TPSA) is 54.2 Å². The largest absolute Gasteiger partial charge is 0.388 e. The maximum atomic E-state index is 13.0. The summed E-state index contributed by atoms with van der Waals surface area (Å²) in [6.45, 7) is 2.10. The highest BCUT2D eigenvalue weighted by Crippen LogP contribution is 2.41. The van der Waals surface area contributed by atoms with Crippen LogP contribution in [-0.4, -0.2) is 38.7 Å². The molecule has 1 aliphatic heterocycles. The molecule has 0 bridgehead atoms. The lowest BCUT2D eigenvalue weighted by molar-refractivity contribution is 0.204. The van der Waals surface area contributed by atoms with Crippen molar-refractivity contribution < 1.29 is 9.50 Å². The van der Waals surface area contributed by atoms with Crippen molar-refractivity contribution in [3.05, 3.63) is 35.6 Å². The fraction of sp³-hybridized carbons (Fsp3) is 0.529. The minimum Gasteiger partial charge on any atom is -0.388 e. The third-order valence-electron chi connectivity index (χ3n) is 4.57. The van der Waals surface area contributed by atoms with Crippen LogP contribution < -0.4 is 4.90 Å². The van der Waals surface area contributed by atoms with Crippen LogP contribution in [0.1, 0.15) is 43.4 Å². The third-order valence-corrected chi connectivity index (χ3v) is 5.59. The average Bonchev–Trinajstić information content (AvgIpc) is 3.11. The van der Waals surface area contributed by atoms with Gasteiger partial charge in [-0.1, -0.05) is 23.9 Å². The van der Waals surface area contributed by atoms with Gasteiger partial charge in [0.2, 0.25) is 5.95 Å². The number of aliphatic hydroxyl groups is 1. The van der Waals surface area contributed by atoms with Gasteiger partial charge in [-0.05, 0) is 43.4 Å². The average molecular weight is 348 g/mol. The van der Waals surface area contributed by atoms with Crippen LogP contribution >= 0.6 is 11.8 Å². The molecule has 0 radical (unpaired) electrons. The number of rotatable bonds is 6. The number of hydrogen-bond acceptors (Lipinski definition) is 5. The molecular formula is C17H21FN4OS. The molecule has 2 aliphatic rings. The number of aliphatic hydroxyl groups excluding tert-OH is 1. The van der Waals surface area contributed by atoms with Crippen molar-refractivity contribution in [2.45, 2.75) is 43.0 Å². The van der Waals surface area contributed by atoms with Gasteiger partial charge >= 0.3 is 0 Å². The van der Waals surface area contributed by atoms with Gasteiger partial charge in [-0.3, -0.25) is 4.57 Å². The quantitative estimate of drug-likeness (QED) is 0.813. The first-order valence-corrected chi connectivity index (χ1v) is 9.47. The number of halogens is 1. The first kappa shape index (κ1) is 15.9. The zero-order valence-electron chi connectivity index (χ0n) is 13.4. The number of nitrogens with zero attached hydrogens (tertiary/aromatic N) is 4. The molecule has 1 N–H and O–H groups in total. The van der Waals surface area contributed by atoms with Gasteiger partial charge in [0, 0.05) is 24.9 Å². The predicted molar refractivity (Wildman–Crippen MR) is 91.8 cm³/mol. The molecular weight excluding hydrogens is 327 g/mol. The maximum absolute atomic E-state index is 13.0. The Balaban J connectivity index is 1.47. The van der Waals surface area contributed by atoms with Crippen LogP contribution in [0.5, 0.6) is 0 Å². The molecule has 1 aromatic heterocycles. The molecule has 4 rings (SSSR count). The maximum Gasteiger partial charge on any atom is 0.228 e. The molecule has 1 saturated heterocycles. The fourth-order valence-electron chi connectivity index (χ4n) is 3.09. The molecule has 2 aromatic rings. The Labute approximate surface area is 144 Å². The number of thioether (sulfide) groups is 1. The monoisotopic (exact) mass is 348 g/mol. The Bertz CT molecular complexity index is 695. The van der Waals surface area contributed by atoms with E-state index in [1.165, 1.54) is 49.6 Å². The van der Waals surface area contributed by atoms with Gasteiger partial charge in [-0.25, -0.2) is 4.39 Å². The second kappa shape index (κ2) is 6.72. The second-order valence-corrected chi connectivity index (χ2v) is 7.44. The molecule has 128 valence electrons. The van der Waals surface area contributed by atoms with Gasteiger partial charge in [0.15, 0.2) is 5.16 Å². The lowest BCUT2D eigenvalue weighted by Gasteiger charge is -2.18. The van der Waals surface area contributed by atoms with E-state index in [0.717, 1.165) is 29.8 Å². The third kappa shape index (κ3) is 3.28. The molecule has 1 atom stereocenters. The molecule has 2 fully saturated rings. The van der Waals surface area contributed by atoms with E-state index < -0.39 is 6.10 Å². The van der Waals surface area contributed by atoms with Crippen LogP contribution in [0.4, 0.5) is 10.3 Å². The van der Waals surface area contributed by atoms with E-state index in [0.29, 0.717) is 11.8 Å². The van der Waals surface area contributed by atoms with E-state index >= 15 is 0 Å². The second-order valence-electron chi connectivity index (χ2n) is 6.46. The Morgan fingerprint density at radius 2 is 1.88 bits per heavy atom. The van der Waals surface area contributed by atoms with Crippen molar-refractivity contribution in [1.29, 1.82) is 0 Å². The summed E-state index contributed by atoms with van der Waals surface area (Å²) in [6, 6.07) is 6.51. The fourth-order valence-corrected chi connectivity index (χ4v) is 4.06. The van der Waals surface area contributed by atoms with Gasteiger partial charge in [-0.15, -0.1) is 10.2 Å². The van der Waals surface area contributed by atoms with Gasteiger partial charge < -0.3 is 10.0 Å². The van der Waals surface area contributed by atoms with E-state index in [1.54, 1.807) is 12.1 Å². The summed E-state index contributed by atoms with van der Waals surface area (Å²) in [5, 5.41) is 20.0. The molecule has 0 amide bonds. The van der Waals surface area contributed by atoms with Crippen molar-refractivity contribution in [3.8, 4) is 0 Å². The molecule has 2 heterocycles. The zero-order chi connectivity index (χ0) is 16.5.